The van der Waals surface area contributed by atoms with E-state index in [2.05, 4.69) is 9.24 Å². The molecule has 0 saturated heterocycles. The fraction of sp³-hybridized carbons (Fsp3) is 0.400. The Bertz CT molecular complexity index is 268. The van der Waals surface area contributed by atoms with Crippen LogP contribution in [0.3, 0.4) is 0 Å². The van der Waals surface area contributed by atoms with Gasteiger partial charge in [0, 0.05) is 5.30 Å². The molecule has 13 heavy (non-hydrogen) atoms. The van der Waals surface area contributed by atoms with E-state index in [-0.39, 0.29) is 18.0 Å². The highest BCUT2D eigenvalue weighted by molar-refractivity contribution is 7.27. The van der Waals surface area contributed by atoms with Gasteiger partial charge in [-0.1, -0.05) is 18.2 Å². The normalized spacial score (nSPS) is 10.5. The summed E-state index contributed by atoms with van der Waals surface area (Å²) in [5.74, 6) is 0.940. The number of benzene rings is 1. The summed E-state index contributed by atoms with van der Waals surface area (Å²) in [4.78, 5) is 0. The molecule has 1 aromatic rings. The molecule has 1 nitrogen and oxygen atoms in total. The topological polar surface area (TPSA) is 9.23 Å². The maximum absolute atomic E-state index is 5.71. The van der Waals surface area contributed by atoms with Gasteiger partial charge < -0.3 is 4.74 Å². The van der Waals surface area contributed by atoms with Gasteiger partial charge in [-0.15, -0.1) is 21.6 Å². The van der Waals surface area contributed by atoms with Gasteiger partial charge in [0.15, 0.2) is 0 Å². The molecule has 0 fully saturated rings. The van der Waals surface area contributed by atoms with Crippen molar-refractivity contribution in [3.05, 3.63) is 24.3 Å². The molecule has 1 unspecified atom stereocenters. The van der Waals surface area contributed by atoms with Gasteiger partial charge in [0.05, 0.1) is 0 Å². The molecule has 0 saturated carbocycles. The molecular weight excluding hydrogens is 203 g/mol. The Morgan fingerprint density at radius 3 is 2.15 bits per heavy atom. The molecule has 3 heteroatoms. The van der Waals surface area contributed by atoms with Crippen LogP contribution in [0.5, 0.6) is 5.75 Å². The Hall–Kier alpha value is -0.260. The molecule has 1 aromatic carbocycles. The zero-order chi connectivity index (χ0) is 9.19. The van der Waals surface area contributed by atoms with E-state index in [0.717, 1.165) is 11.1 Å². The van der Waals surface area contributed by atoms with Crippen molar-refractivity contribution in [2.75, 3.05) is 0 Å². The van der Waals surface area contributed by atoms with Crippen LogP contribution in [0.25, 0.3) is 0 Å². The van der Waals surface area contributed by atoms with E-state index < -0.39 is 0 Å². The van der Waals surface area contributed by atoms with E-state index in [9.17, 15) is 0 Å². The molecule has 0 aliphatic heterocycles. The van der Waals surface area contributed by atoms with Gasteiger partial charge >= 0.3 is 0 Å². The minimum absolute atomic E-state index is 0. The van der Waals surface area contributed by atoms with Crippen LogP contribution in [0.4, 0.5) is 0 Å². The SMILES string of the molecule is CC(C)(C)Oc1ccccc1P.Cl. The molecule has 1 atom stereocenters. The number of hydrogen-bond donors (Lipinski definition) is 0. The quantitative estimate of drug-likeness (QED) is 0.659. The summed E-state index contributed by atoms with van der Waals surface area (Å²) in [6, 6.07) is 7.98. The second-order valence-electron chi connectivity index (χ2n) is 3.75. The molecule has 74 valence electrons. The predicted molar refractivity (Wildman–Crippen MR) is 63.4 cm³/mol. The lowest BCUT2D eigenvalue weighted by Crippen LogP contribution is -2.24. The van der Waals surface area contributed by atoms with Crippen molar-refractivity contribution < 1.29 is 4.74 Å². The number of para-hydroxylation sites is 1. The van der Waals surface area contributed by atoms with Crippen LogP contribution in [0, 0.1) is 0 Å². The number of hydrogen-bond acceptors (Lipinski definition) is 1. The van der Waals surface area contributed by atoms with Gasteiger partial charge in [0.2, 0.25) is 0 Å². The molecule has 0 amide bonds. The minimum atomic E-state index is -0.118. The van der Waals surface area contributed by atoms with Crippen molar-refractivity contribution in [3.63, 3.8) is 0 Å². The van der Waals surface area contributed by atoms with E-state index in [1.807, 2.05) is 45.0 Å². The summed E-state index contributed by atoms with van der Waals surface area (Å²) in [5, 5.41) is 1.10. The Labute approximate surface area is 88.5 Å². The molecule has 1 rings (SSSR count). The van der Waals surface area contributed by atoms with Crippen molar-refractivity contribution >= 4 is 27.0 Å². The first-order chi connectivity index (χ1) is 5.49. The Kier molecular flexibility index (Phi) is 4.74. The zero-order valence-electron chi connectivity index (χ0n) is 8.20. The van der Waals surface area contributed by atoms with Gasteiger partial charge in [-0.25, -0.2) is 0 Å². The fourth-order valence-corrected chi connectivity index (χ4v) is 1.17. The van der Waals surface area contributed by atoms with Crippen LogP contribution >= 0.6 is 21.6 Å². The second-order valence-corrected chi connectivity index (χ2v) is 4.37. The van der Waals surface area contributed by atoms with Gasteiger partial charge in [-0.3, -0.25) is 0 Å². The van der Waals surface area contributed by atoms with Gasteiger partial charge in [0.25, 0.3) is 0 Å². The number of halogens is 1. The van der Waals surface area contributed by atoms with Gasteiger partial charge in [-0.05, 0) is 26.8 Å². The largest absolute Gasteiger partial charge is 0.488 e. The second kappa shape index (κ2) is 4.83. The first kappa shape index (κ1) is 12.7. The highest BCUT2D eigenvalue weighted by atomic mass is 35.5. The third-order valence-corrected chi connectivity index (χ3v) is 1.81. The first-order valence-corrected chi connectivity index (χ1v) is 4.60. The van der Waals surface area contributed by atoms with Crippen LogP contribution in [-0.4, -0.2) is 5.60 Å². The molecule has 0 N–H and O–H groups in total. The van der Waals surface area contributed by atoms with E-state index in [4.69, 9.17) is 4.74 Å². The molecule has 0 heterocycles. The van der Waals surface area contributed by atoms with E-state index in [0.29, 0.717) is 0 Å². The highest BCUT2D eigenvalue weighted by Crippen LogP contribution is 2.16. The monoisotopic (exact) mass is 218 g/mol. The van der Waals surface area contributed by atoms with Gasteiger partial charge in [0.1, 0.15) is 11.4 Å². The summed E-state index contributed by atoms with van der Waals surface area (Å²) in [5.41, 5.74) is -0.118. The van der Waals surface area contributed by atoms with Crippen molar-refractivity contribution in [2.45, 2.75) is 26.4 Å². The third kappa shape index (κ3) is 4.50. The molecule has 0 aromatic heterocycles. The average Bonchev–Trinajstić information content (AvgIpc) is 1.91. The lowest BCUT2D eigenvalue weighted by Gasteiger charge is -2.22. The highest BCUT2D eigenvalue weighted by Gasteiger charge is 2.12. The molecule has 0 radical (unpaired) electrons. The third-order valence-electron chi connectivity index (χ3n) is 1.34. The van der Waals surface area contributed by atoms with Crippen LogP contribution in [0.1, 0.15) is 20.8 Å². The maximum atomic E-state index is 5.71. The standard InChI is InChI=1S/C10H15OP.ClH/c1-10(2,3)11-8-6-4-5-7-9(8)12;/h4-7H,12H2,1-3H3;1H. The van der Waals surface area contributed by atoms with E-state index in [1.54, 1.807) is 0 Å². The summed E-state index contributed by atoms with van der Waals surface area (Å²) < 4.78 is 5.71. The van der Waals surface area contributed by atoms with Crippen LogP contribution in [-0.2, 0) is 0 Å². The number of ether oxygens (including phenoxy) is 1. The predicted octanol–water partition coefficient (Wildman–Crippen LogP) is 2.79. The van der Waals surface area contributed by atoms with Crippen LogP contribution < -0.4 is 10.0 Å². The molecule has 0 aliphatic rings. The summed E-state index contributed by atoms with van der Waals surface area (Å²) in [7, 11) is 2.66. The fourth-order valence-electron chi connectivity index (χ4n) is 0.903. The van der Waals surface area contributed by atoms with Crippen LogP contribution in [0.15, 0.2) is 24.3 Å². The van der Waals surface area contributed by atoms with Crippen molar-refractivity contribution in [3.8, 4) is 5.75 Å². The van der Waals surface area contributed by atoms with Crippen molar-refractivity contribution in [1.82, 2.24) is 0 Å². The lowest BCUT2D eigenvalue weighted by atomic mass is 10.2. The van der Waals surface area contributed by atoms with Gasteiger partial charge in [-0.2, -0.15) is 0 Å². The van der Waals surface area contributed by atoms with E-state index in [1.165, 1.54) is 0 Å². The summed E-state index contributed by atoms with van der Waals surface area (Å²) >= 11 is 0. The Morgan fingerprint density at radius 1 is 1.15 bits per heavy atom. The minimum Gasteiger partial charge on any atom is -0.488 e. The van der Waals surface area contributed by atoms with Crippen LogP contribution in [0.2, 0.25) is 0 Å². The molecule has 0 aliphatic carbocycles. The molecular formula is C10H16ClOP. The van der Waals surface area contributed by atoms with Crippen molar-refractivity contribution in [2.24, 2.45) is 0 Å². The summed E-state index contributed by atoms with van der Waals surface area (Å²) in [6.07, 6.45) is 0. The molecule has 0 bridgehead atoms. The summed E-state index contributed by atoms with van der Waals surface area (Å²) in [6.45, 7) is 6.14. The van der Waals surface area contributed by atoms with E-state index >= 15 is 0 Å². The average molecular weight is 219 g/mol. The zero-order valence-corrected chi connectivity index (χ0v) is 10.2. The smallest absolute Gasteiger partial charge is 0.127 e. The number of rotatable bonds is 1. The van der Waals surface area contributed by atoms with Crippen molar-refractivity contribution in [1.29, 1.82) is 0 Å². The Morgan fingerprint density at radius 2 is 1.69 bits per heavy atom. The lowest BCUT2D eigenvalue weighted by molar-refractivity contribution is 0.132. The maximum Gasteiger partial charge on any atom is 0.127 e. The Balaban J connectivity index is 0.00000144. The molecule has 0 spiro atoms. The first-order valence-electron chi connectivity index (χ1n) is 4.02.